The fourth-order valence-electron chi connectivity index (χ4n) is 3.09. The molecular formula is C14H20N2O2S. The number of carbonyl (C=O) groups is 1. The molecule has 104 valence electrons. The van der Waals surface area contributed by atoms with Crippen molar-refractivity contribution in [3.63, 3.8) is 0 Å². The highest BCUT2D eigenvalue weighted by atomic mass is 32.1. The molecular weight excluding hydrogens is 260 g/mol. The van der Waals surface area contributed by atoms with Crippen molar-refractivity contribution >= 4 is 17.2 Å². The lowest BCUT2D eigenvalue weighted by atomic mass is 9.87. The standard InChI is InChI=1S/C14H20N2O2S/c1-18-12-8-15-7-11(12)16-14(17)10-3-2-4-13-9(10)5-6-19-13/h5-6,10-12,15H,2-4,7-8H2,1H3,(H,16,17)/t10?,11?,12-/m0/s1. The Bertz CT molecular complexity index is 460. The SMILES string of the molecule is CO[C@H]1CNCC1NC(=O)C1CCCc2sccc21. The maximum atomic E-state index is 12.5. The van der Waals surface area contributed by atoms with Gasteiger partial charge in [0.15, 0.2) is 0 Å². The number of hydrogen-bond acceptors (Lipinski definition) is 4. The molecule has 1 aliphatic heterocycles. The Balaban J connectivity index is 1.69. The van der Waals surface area contributed by atoms with Gasteiger partial charge in [-0.2, -0.15) is 0 Å². The molecule has 2 unspecified atom stereocenters. The molecule has 0 saturated carbocycles. The van der Waals surface area contributed by atoms with E-state index in [9.17, 15) is 4.79 Å². The molecule has 1 aliphatic carbocycles. The Morgan fingerprint density at radius 3 is 3.26 bits per heavy atom. The van der Waals surface area contributed by atoms with Crippen molar-refractivity contribution in [2.24, 2.45) is 0 Å². The number of carbonyl (C=O) groups excluding carboxylic acids is 1. The Labute approximate surface area is 117 Å². The monoisotopic (exact) mass is 280 g/mol. The van der Waals surface area contributed by atoms with E-state index in [2.05, 4.69) is 22.1 Å². The van der Waals surface area contributed by atoms with Crippen LogP contribution in [0.5, 0.6) is 0 Å². The largest absolute Gasteiger partial charge is 0.378 e. The first kappa shape index (κ1) is 13.1. The van der Waals surface area contributed by atoms with Gasteiger partial charge in [0.1, 0.15) is 0 Å². The van der Waals surface area contributed by atoms with Crippen LogP contribution < -0.4 is 10.6 Å². The summed E-state index contributed by atoms with van der Waals surface area (Å²) in [5, 5.41) is 8.52. The summed E-state index contributed by atoms with van der Waals surface area (Å²) in [6.07, 6.45) is 3.30. The fraction of sp³-hybridized carbons (Fsp3) is 0.643. The predicted octanol–water partition coefficient (Wildman–Crippen LogP) is 1.27. The molecule has 0 aromatic carbocycles. The smallest absolute Gasteiger partial charge is 0.227 e. The van der Waals surface area contributed by atoms with E-state index in [1.54, 1.807) is 18.4 Å². The maximum Gasteiger partial charge on any atom is 0.227 e. The molecule has 1 fully saturated rings. The number of hydrogen-bond donors (Lipinski definition) is 2. The van der Waals surface area contributed by atoms with Crippen LogP contribution in [0.1, 0.15) is 29.2 Å². The van der Waals surface area contributed by atoms with Gasteiger partial charge >= 0.3 is 0 Å². The first-order valence-electron chi connectivity index (χ1n) is 6.89. The molecule has 19 heavy (non-hydrogen) atoms. The highest BCUT2D eigenvalue weighted by Crippen LogP contribution is 2.35. The van der Waals surface area contributed by atoms with Crippen molar-refractivity contribution in [3.05, 3.63) is 21.9 Å². The number of thiophene rings is 1. The summed E-state index contributed by atoms with van der Waals surface area (Å²) in [5.74, 6) is 0.197. The van der Waals surface area contributed by atoms with Gasteiger partial charge in [0.25, 0.3) is 0 Å². The maximum absolute atomic E-state index is 12.5. The van der Waals surface area contributed by atoms with Crippen LogP contribution in [0.3, 0.4) is 0 Å². The van der Waals surface area contributed by atoms with E-state index in [1.807, 2.05) is 0 Å². The van der Waals surface area contributed by atoms with Crippen LogP contribution >= 0.6 is 11.3 Å². The molecule has 2 N–H and O–H groups in total. The zero-order chi connectivity index (χ0) is 13.2. The number of aryl methyl sites for hydroxylation is 1. The molecule has 4 nitrogen and oxygen atoms in total. The third-order valence-electron chi connectivity index (χ3n) is 4.16. The fourth-order valence-corrected chi connectivity index (χ4v) is 4.08. The average molecular weight is 280 g/mol. The van der Waals surface area contributed by atoms with E-state index in [1.165, 1.54) is 10.4 Å². The summed E-state index contributed by atoms with van der Waals surface area (Å²) in [4.78, 5) is 13.9. The van der Waals surface area contributed by atoms with Gasteiger partial charge in [-0.1, -0.05) is 0 Å². The molecule has 2 heterocycles. The van der Waals surface area contributed by atoms with Gasteiger partial charge < -0.3 is 15.4 Å². The van der Waals surface area contributed by atoms with E-state index in [-0.39, 0.29) is 24.0 Å². The third kappa shape index (κ3) is 2.55. The number of rotatable bonds is 3. The number of methoxy groups -OCH3 is 1. The van der Waals surface area contributed by atoms with Gasteiger partial charge in [-0.05, 0) is 36.3 Å². The van der Waals surface area contributed by atoms with Crippen molar-refractivity contribution < 1.29 is 9.53 Å². The number of ether oxygens (including phenoxy) is 1. The van der Waals surface area contributed by atoms with Crippen molar-refractivity contribution in [1.82, 2.24) is 10.6 Å². The van der Waals surface area contributed by atoms with Crippen molar-refractivity contribution in [2.75, 3.05) is 20.2 Å². The molecule has 1 saturated heterocycles. The minimum Gasteiger partial charge on any atom is -0.378 e. The lowest BCUT2D eigenvalue weighted by molar-refractivity contribution is -0.124. The summed E-state index contributed by atoms with van der Waals surface area (Å²) < 4.78 is 5.39. The van der Waals surface area contributed by atoms with Crippen molar-refractivity contribution in [3.8, 4) is 0 Å². The third-order valence-corrected chi connectivity index (χ3v) is 5.15. The van der Waals surface area contributed by atoms with E-state index in [4.69, 9.17) is 4.74 Å². The van der Waals surface area contributed by atoms with E-state index >= 15 is 0 Å². The van der Waals surface area contributed by atoms with Gasteiger partial charge in [0, 0.05) is 25.1 Å². The summed E-state index contributed by atoms with van der Waals surface area (Å²) in [6.45, 7) is 1.61. The topological polar surface area (TPSA) is 50.4 Å². The highest BCUT2D eigenvalue weighted by Gasteiger charge is 2.32. The lowest BCUT2D eigenvalue weighted by Gasteiger charge is -2.25. The van der Waals surface area contributed by atoms with E-state index in [0.29, 0.717) is 0 Å². The minimum atomic E-state index is 0.0353. The molecule has 5 heteroatoms. The predicted molar refractivity (Wildman–Crippen MR) is 75.6 cm³/mol. The zero-order valence-corrected chi connectivity index (χ0v) is 12.0. The van der Waals surface area contributed by atoms with Crippen molar-refractivity contribution in [1.29, 1.82) is 0 Å². The molecule has 0 spiro atoms. The normalized spacial score (nSPS) is 30.1. The quantitative estimate of drug-likeness (QED) is 0.877. The number of fused-ring (bicyclic) bond motifs is 1. The molecule has 0 bridgehead atoms. The zero-order valence-electron chi connectivity index (χ0n) is 11.1. The Morgan fingerprint density at radius 2 is 2.42 bits per heavy atom. The second-order valence-electron chi connectivity index (χ2n) is 5.29. The van der Waals surface area contributed by atoms with Crippen molar-refractivity contribution in [2.45, 2.75) is 37.3 Å². The first-order valence-corrected chi connectivity index (χ1v) is 7.77. The summed E-state index contributed by atoms with van der Waals surface area (Å²) in [7, 11) is 1.70. The van der Waals surface area contributed by atoms with Crippen LogP contribution in [0.2, 0.25) is 0 Å². The van der Waals surface area contributed by atoms with Gasteiger partial charge in [-0.25, -0.2) is 0 Å². The Kier molecular flexibility index (Phi) is 3.86. The Hall–Kier alpha value is -0.910. The van der Waals surface area contributed by atoms with Gasteiger partial charge in [0.2, 0.25) is 5.91 Å². The molecule has 1 aromatic rings. The van der Waals surface area contributed by atoms with Gasteiger partial charge in [-0.15, -0.1) is 11.3 Å². The first-order chi connectivity index (χ1) is 9.29. The molecule has 0 radical (unpaired) electrons. The number of nitrogens with one attached hydrogen (secondary N) is 2. The summed E-state index contributed by atoms with van der Waals surface area (Å²) in [5.41, 5.74) is 1.24. The van der Waals surface area contributed by atoms with Crippen LogP contribution in [0.15, 0.2) is 11.4 Å². The highest BCUT2D eigenvalue weighted by molar-refractivity contribution is 7.10. The lowest BCUT2D eigenvalue weighted by Crippen LogP contribution is -2.45. The van der Waals surface area contributed by atoms with Gasteiger partial charge in [-0.3, -0.25) is 4.79 Å². The Morgan fingerprint density at radius 1 is 1.53 bits per heavy atom. The van der Waals surface area contributed by atoms with Crippen LogP contribution in [0, 0.1) is 0 Å². The summed E-state index contributed by atoms with van der Waals surface area (Å²) in [6, 6.07) is 2.21. The van der Waals surface area contributed by atoms with E-state index in [0.717, 1.165) is 32.4 Å². The van der Waals surface area contributed by atoms with Gasteiger partial charge in [0.05, 0.1) is 18.1 Å². The van der Waals surface area contributed by atoms with Crippen LogP contribution in [0.4, 0.5) is 0 Å². The average Bonchev–Trinajstić information content (AvgIpc) is 3.05. The van der Waals surface area contributed by atoms with Crippen LogP contribution in [-0.4, -0.2) is 38.3 Å². The minimum absolute atomic E-state index is 0.0353. The molecule has 2 aliphatic rings. The second kappa shape index (κ2) is 5.61. The summed E-state index contributed by atoms with van der Waals surface area (Å²) >= 11 is 1.78. The number of amides is 1. The van der Waals surface area contributed by atoms with E-state index < -0.39 is 0 Å². The van der Waals surface area contributed by atoms with Crippen LogP contribution in [0.25, 0.3) is 0 Å². The molecule has 1 amide bonds. The van der Waals surface area contributed by atoms with Crippen LogP contribution in [-0.2, 0) is 16.0 Å². The molecule has 3 rings (SSSR count). The molecule has 3 atom stereocenters. The molecule has 1 aromatic heterocycles. The second-order valence-corrected chi connectivity index (χ2v) is 6.29.